The van der Waals surface area contributed by atoms with Gasteiger partial charge in [-0.25, -0.2) is 0 Å². The first-order valence-corrected chi connectivity index (χ1v) is 1.97. The highest BCUT2D eigenvalue weighted by atomic mass is 13.4. The summed E-state index contributed by atoms with van der Waals surface area (Å²) in [5.41, 5.74) is 0. The van der Waals surface area contributed by atoms with Crippen molar-refractivity contribution >= 4 is 14.6 Å². The van der Waals surface area contributed by atoms with E-state index in [0.717, 1.165) is 6.22 Å². The van der Waals surface area contributed by atoms with Crippen molar-refractivity contribution < 1.29 is 0 Å². The van der Waals surface area contributed by atoms with Crippen LogP contribution in [0.2, 0.25) is 19.9 Å². The van der Waals surface area contributed by atoms with Gasteiger partial charge in [0.05, 0.1) is 7.85 Å². The maximum absolute atomic E-state index is 5.17. The van der Waals surface area contributed by atoms with E-state index in [2.05, 4.69) is 13.6 Å². The lowest BCUT2D eigenvalue weighted by Crippen LogP contribution is -1.95. The van der Waals surface area contributed by atoms with Gasteiger partial charge in [0.2, 0.25) is 0 Å². The minimum absolute atomic E-state index is 0.662. The van der Waals surface area contributed by atoms with E-state index in [4.69, 9.17) is 7.85 Å². The molecule has 0 N–H and O–H groups in total. The molecule has 0 aliphatic carbocycles. The van der Waals surface area contributed by atoms with Gasteiger partial charge in [-0.3, -0.25) is 0 Å². The van der Waals surface area contributed by atoms with Gasteiger partial charge in [0.25, 0.3) is 0 Å². The first-order chi connectivity index (χ1) is 2.27. The van der Waals surface area contributed by atoms with Crippen LogP contribution < -0.4 is 0 Å². The molecule has 0 aliphatic heterocycles. The molecule has 2 radical (unpaired) electrons. The topological polar surface area (TPSA) is 0 Å². The Hall–Kier alpha value is 0.130. The second-order valence-corrected chi connectivity index (χ2v) is 1.63. The van der Waals surface area contributed by atoms with Crippen LogP contribution in [0.3, 0.4) is 0 Å². The van der Waals surface area contributed by atoms with Gasteiger partial charge in [-0.15, -0.1) is 6.22 Å². The molecule has 0 heterocycles. The average Bonchev–Trinajstić information content (AvgIpc) is 1.38. The van der Waals surface area contributed by atoms with E-state index in [1.165, 1.54) is 0 Å². The molecule has 0 aromatic heterocycles. The maximum atomic E-state index is 5.17. The van der Waals surface area contributed by atoms with Crippen molar-refractivity contribution in [3.05, 3.63) is 0 Å². The normalized spacial score (nSPS) is 7.60. The number of hydrogen-bond acceptors (Lipinski definition) is 0. The lowest BCUT2D eigenvalue weighted by molar-refractivity contribution is 1.83. The molecule has 0 unspecified atom stereocenters. The molecular weight excluding hydrogens is 57.7 g/mol. The van der Waals surface area contributed by atoms with Crippen molar-refractivity contribution in [2.24, 2.45) is 0 Å². The third-order valence-corrected chi connectivity index (χ3v) is 0.471. The summed E-state index contributed by atoms with van der Waals surface area (Å²) in [5.74, 6) is 0. The largest absolute Gasteiger partial charge is 0.124 e. The molecule has 0 atom stereocenters. The second-order valence-electron chi connectivity index (χ2n) is 1.63. The fourth-order valence-electron chi connectivity index (χ4n) is 0. The third-order valence-electron chi connectivity index (χ3n) is 0.471. The molecule has 0 rings (SSSR count). The molecule has 5 heavy (non-hydrogen) atoms. The Balaban J connectivity index is 2.54. The van der Waals surface area contributed by atoms with Crippen molar-refractivity contribution in [3.8, 4) is 0 Å². The van der Waals surface area contributed by atoms with E-state index < -0.39 is 0 Å². The molecule has 2 heteroatoms. The maximum Gasteiger partial charge on any atom is 0.124 e. The van der Waals surface area contributed by atoms with Crippen LogP contribution in [0.1, 0.15) is 0 Å². The molecule has 0 nitrogen and oxygen atoms in total. The molecule has 26 valence electrons. The molecule has 0 amide bonds. The van der Waals surface area contributed by atoms with Crippen LogP contribution in [-0.4, -0.2) is 14.6 Å². The standard InChI is InChI=1S/C3H8B2/c1-5(2)3-4/h3H2,1-2H3. The fourth-order valence-corrected chi connectivity index (χ4v) is 0. The van der Waals surface area contributed by atoms with Crippen molar-refractivity contribution in [1.29, 1.82) is 0 Å². The van der Waals surface area contributed by atoms with E-state index in [9.17, 15) is 0 Å². The number of hydrogen-bond donors (Lipinski definition) is 0. The van der Waals surface area contributed by atoms with Crippen molar-refractivity contribution in [2.75, 3.05) is 0 Å². The van der Waals surface area contributed by atoms with Gasteiger partial charge in [0.15, 0.2) is 0 Å². The van der Waals surface area contributed by atoms with Crippen molar-refractivity contribution in [1.82, 2.24) is 0 Å². The molecule has 0 aliphatic rings. The van der Waals surface area contributed by atoms with Crippen LogP contribution in [0.4, 0.5) is 0 Å². The zero-order valence-electron chi connectivity index (χ0n) is 3.86. The highest BCUT2D eigenvalue weighted by Crippen LogP contribution is 1.79. The Labute approximate surface area is 35.4 Å². The summed E-state index contributed by atoms with van der Waals surface area (Å²) in [7, 11) is 5.17. The monoisotopic (exact) mass is 66.1 g/mol. The summed E-state index contributed by atoms with van der Waals surface area (Å²) < 4.78 is 0. The second kappa shape index (κ2) is 2.37. The minimum Gasteiger partial charge on any atom is -0.109 e. The lowest BCUT2D eigenvalue weighted by Gasteiger charge is -1.84. The first-order valence-electron chi connectivity index (χ1n) is 1.97. The highest BCUT2D eigenvalue weighted by molar-refractivity contribution is 6.62. The zero-order valence-corrected chi connectivity index (χ0v) is 3.86. The molecule has 0 saturated heterocycles. The van der Waals surface area contributed by atoms with Crippen molar-refractivity contribution in [3.63, 3.8) is 0 Å². The fraction of sp³-hybridized carbons (Fsp3) is 1.00. The van der Waals surface area contributed by atoms with Gasteiger partial charge in [-0.05, 0) is 0 Å². The molecule has 0 fully saturated rings. The average molecular weight is 65.7 g/mol. The zero-order chi connectivity index (χ0) is 4.28. The molecule has 0 saturated carbocycles. The van der Waals surface area contributed by atoms with E-state index in [-0.39, 0.29) is 0 Å². The van der Waals surface area contributed by atoms with Gasteiger partial charge in [0, 0.05) is 0 Å². The van der Waals surface area contributed by atoms with Crippen LogP contribution in [0, 0.1) is 0 Å². The van der Waals surface area contributed by atoms with Crippen LogP contribution in [0.25, 0.3) is 0 Å². The Morgan fingerprint density at radius 3 is 1.80 bits per heavy atom. The summed E-state index contributed by atoms with van der Waals surface area (Å²) >= 11 is 0. The third kappa shape index (κ3) is 4.13. The molecule has 0 spiro atoms. The van der Waals surface area contributed by atoms with Gasteiger partial charge in [-0.1, -0.05) is 13.6 Å². The summed E-state index contributed by atoms with van der Waals surface area (Å²) in [4.78, 5) is 0. The highest BCUT2D eigenvalue weighted by Gasteiger charge is 1.86. The first kappa shape index (κ1) is 5.13. The molecular formula is C3H8B2. The van der Waals surface area contributed by atoms with E-state index >= 15 is 0 Å². The van der Waals surface area contributed by atoms with Crippen LogP contribution in [-0.2, 0) is 0 Å². The Morgan fingerprint density at radius 1 is 1.60 bits per heavy atom. The smallest absolute Gasteiger partial charge is 0.109 e. The minimum atomic E-state index is 0.662. The van der Waals surface area contributed by atoms with Gasteiger partial charge in [0.1, 0.15) is 6.71 Å². The Morgan fingerprint density at radius 2 is 1.80 bits per heavy atom. The van der Waals surface area contributed by atoms with E-state index in [0.29, 0.717) is 6.71 Å². The predicted molar refractivity (Wildman–Crippen MR) is 28.0 cm³/mol. The summed E-state index contributed by atoms with van der Waals surface area (Å²) in [6, 6.07) is 0. The van der Waals surface area contributed by atoms with Gasteiger partial charge < -0.3 is 0 Å². The van der Waals surface area contributed by atoms with Crippen LogP contribution in [0.15, 0.2) is 0 Å². The Bertz CT molecular complexity index is 18.9. The number of rotatable bonds is 1. The van der Waals surface area contributed by atoms with Gasteiger partial charge >= 0.3 is 0 Å². The van der Waals surface area contributed by atoms with Crippen LogP contribution >= 0.6 is 0 Å². The van der Waals surface area contributed by atoms with Crippen LogP contribution in [0.5, 0.6) is 0 Å². The summed E-state index contributed by atoms with van der Waals surface area (Å²) in [6.45, 7) is 4.86. The van der Waals surface area contributed by atoms with Gasteiger partial charge in [-0.2, -0.15) is 0 Å². The molecule has 0 aromatic carbocycles. The SMILES string of the molecule is [B]CB(C)C. The molecule has 0 aromatic rings. The van der Waals surface area contributed by atoms with Crippen molar-refractivity contribution in [2.45, 2.75) is 19.9 Å². The van der Waals surface area contributed by atoms with E-state index in [1.807, 2.05) is 0 Å². The Kier molecular flexibility index (Phi) is 2.43. The lowest BCUT2D eigenvalue weighted by atomic mass is 9.47. The summed E-state index contributed by atoms with van der Waals surface area (Å²) in [6.07, 6.45) is 0.806. The predicted octanol–water partition coefficient (Wildman–Crippen LogP) is 0.867. The quantitative estimate of drug-likeness (QED) is 0.398. The molecule has 0 bridgehead atoms. The summed E-state index contributed by atoms with van der Waals surface area (Å²) in [5, 5.41) is 0. The van der Waals surface area contributed by atoms with E-state index in [1.54, 1.807) is 0 Å².